The van der Waals surface area contributed by atoms with E-state index in [2.05, 4.69) is 15.6 Å². The van der Waals surface area contributed by atoms with Gasteiger partial charge >= 0.3 is 0 Å². The molecule has 9 nitrogen and oxygen atoms in total. The highest BCUT2D eigenvalue weighted by molar-refractivity contribution is 5.98. The molecule has 1 N–H and O–H groups in total. The fraction of sp³-hybridized carbons (Fsp3) is 0.133. The highest BCUT2D eigenvalue weighted by Crippen LogP contribution is 2.35. The van der Waals surface area contributed by atoms with E-state index < -0.39 is 17.8 Å². The molecule has 2 heterocycles. The lowest BCUT2D eigenvalue weighted by Gasteiger charge is -2.31. The SMILES string of the molecule is O=C(Nc1ccc2c(c1)OCO2)[C@@H](c1ccc(F)cc1)N(Cc1ccccc1)C(=O)Cn1nnc2ccccc21. The highest BCUT2D eigenvalue weighted by atomic mass is 19.1. The topological polar surface area (TPSA) is 98.6 Å². The van der Waals surface area contributed by atoms with Crippen molar-refractivity contribution >= 4 is 28.5 Å². The van der Waals surface area contributed by atoms with Gasteiger partial charge < -0.3 is 19.7 Å². The number of carbonyl (C=O) groups is 2. The number of para-hydroxylation sites is 1. The summed E-state index contributed by atoms with van der Waals surface area (Å²) in [6.07, 6.45) is 0. The van der Waals surface area contributed by atoms with E-state index in [1.54, 1.807) is 18.2 Å². The van der Waals surface area contributed by atoms with E-state index in [4.69, 9.17) is 9.47 Å². The summed E-state index contributed by atoms with van der Waals surface area (Å²) in [7, 11) is 0. The molecular formula is C30H24FN5O4. The number of hydrogen-bond acceptors (Lipinski definition) is 6. The number of amides is 2. The largest absolute Gasteiger partial charge is 0.454 e. The van der Waals surface area contributed by atoms with E-state index in [9.17, 15) is 14.0 Å². The molecule has 10 heteroatoms. The maximum atomic E-state index is 14.0. The zero-order valence-corrected chi connectivity index (χ0v) is 21.2. The molecule has 0 fully saturated rings. The average Bonchev–Trinajstić information content (AvgIpc) is 3.61. The van der Waals surface area contributed by atoms with Crippen molar-refractivity contribution in [3.8, 4) is 11.5 Å². The molecule has 1 atom stereocenters. The Bertz CT molecular complexity index is 1670. The van der Waals surface area contributed by atoms with Gasteiger partial charge in [0.2, 0.25) is 12.7 Å². The molecular weight excluding hydrogens is 513 g/mol. The van der Waals surface area contributed by atoms with Gasteiger partial charge in [0.05, 0.1) is 5.52 Å². The lowest BCUT2D eigenvalue weighted by atomic mass is 10.0. The molecule has 1 aliphatic heterocycles. The summed E-state index contributed by atoms with van der Waals surface area (Å²) in [5, 5.41) is 11.2. The number of nitrogens with one attached hydrogen (secondary N) is 1. The van der Waals surface area contributed by atoms with Gasteiger partial charge in [0.15, 0.2) is 11.5 Å². The first-order valence-corrected chi connectivity index (χ1v) is 12.6. The molecule has 200 valence electrons. The number of aromatic nitrogens is 3. The summed E-state index contributed by atoms with van der Waals surface area (Å²) in [5.41, 5.74) is 3.09. The molecule has 1 aromatic heterocycles. The van der Waals surface area contributed by atoms with E-state index in [1.165, 1.54) is 33.8 Å². The van der Waals surface area contributed by atoms with Crippen molar-refractivity contribution < 1.29 is 23.5 Å². The number of halogens is 1. The second kappa shape index (κ2) is 10.9. The second-order valence-corrected chi connectivity index (χ2v) is 9.25. The molecule has 6 rings (SSSR count). The third kappa shape index (κ3) is 5.19. The molecule has 0 aliphatic carbocycles. The number of rotatable bonds is 8. The molecule has 1 aliphatic rings. The van der Waals surface area contributed by atoms with E-state index in [0.717, 1.165) is 5.56 Å². The van der Waals surface area contributed by atoms with Crippen LogP contribution in [0.2, 0.25) is 0 Å². The van der Waals surface area contributed by atoms with Gasteiger partial charge in [0.1, 0.15) is 23.9 Å². The van der Waals surface area contributed by atoms with Crippen LogP contribution >= 0.6 is 0 Å². The predicted octanol–water partition coefficient (Wildman–Crippen LogP) is 4.71. The first kappa shape index (κ1) is 25.1. The number of carbonyl (C=O) groups excluding carboxylic acids is 2. The third-order valence-corrected chi connectivity index (χ3v) is 6.61. The Morgan fingerprint density at radius 3 is 2.50 bits per heavy atom. The highest BCUT2D eigenvalue weighted by Gasteiger charge is 2.32. The van der Waals surface area contributed by atoms with Gasteiger partial charge in [0.25, 0.3) is 5.91 Å². The van der Waals surface area contributed by atoms with Crippen LogP contribution in [0.25, 0.3) is 11.0 Å². The molecule has 0 saturated carbocycles. The zero-order valence-electron chi connectivity index (χ0n) is 21.2. The number of hydrogen-bond donors (Lipinski definition) is 1. The van der Waals surface area contributed by atoms with Gasteiger partial charge in [0, 0.05) is 18.3 Å². The smallest absolute Gasteiger partial charge is 0.251 e. The van der Waals surface area contributed by atoms with Crippen molar-refractivity contribution in [2.45, 2.75) is 19.1 Å². The number of anilines is 1. The van der Waals surface area contributed by atoms with E-state index in [-0.39, 0.29) is 25.8 Å². The minimum atomic E-state index is -1.09. The summed E-state index contributed by atoms with van der Waals surface area (Å²) in [4.78, 5) is 29.4. The molecule has 2 amide bonds. The van der Waals surface area contributed by atoms with Gasteiger partial charge in [-0.15, -0.1) is 5.10 Å². The Labute approximate surface area is 228 Å². The summed E-state index contributed by atoms with van der Waals surface area (Å²) in [5.74, 6) is -0.206. The van der Waals surface area contributed by atoms with Crippen LogP contribution in [0, 0.1) is 5.82 Å². The van der Waals surface area contributed by atoms with Crippen LogP contribution in [0.1, 0.15) is 17.2 Å². The number of nitrogens with zero attached hydrogens (tertiary/aromatic N) is 4. The van der Waals surface area contributed by atoms with E-state index in [1.807, 2.05) is 54.6 Å². The molecule has 0 bridgehead atoms. The van der Waals surface area contributed by atoms with Crippen LogP contribution in [0.3, 0.4) is 0 Å². The Hall–Kier alpha value is -5.25. The summed E-state index contributed by atoms with van der Waals surface area (Å²) in [6.45, 7) is 0.0759. The average molecular weight is 538 g/mol. The second-order valence-electron chi connectivity index (χ2n) is 9.25. The normalized spacial score (nSPS) is 12.7. The number of benzene rings is 4. The number of ether oxygens (including phenoxy) is 2. The van der Waals surface area contributed by atoms with Gasteiger partial charge in [-0.25, -0.2) is 9.07 Å². The Morgan fingerprint density at radius 2 is 1.68 bits per heavy atom. The van der Waals surface area contributed by atoms with Crippen molar-refractivity contribution in [3.63, 3.8) is 0 Å². The van der Waals surface area contributed by atoms with Crippen LogP contribution in [0.15, 0.2) is 97.1 Å². The Kier molecular flexibility index (Phi) is 6.80. The predicted molar refractivity (Wildman–Crippen MR) is 145 cm³/mol. The first-order valence-electron chi connectivity index (χ1n) is 12.6. The fourth-order valence-electron chi connectivity index (χ4n) is 4.66. The van der Waals surface area contributed by atoms with Gasteiger partial charge in [-0.05, 0) is 47.5 Å². The monoisotopic (exact) mass is 537 g/mol. The number of fused-ring (bicyclic) bond motifs is 2. The molecule has 0 saturated heterocycles. The molecule has 4 aromatic carbocycles. The van der Waals surface area contributed by atoms with Gasteiger partial charge in [-0.3, -0.25) is 9.59 Å². The lowest BCUT2D eigenvalue weighted by Crippen LogP contribution is -2.42. The molecule has 0 radical (unpaired) electrons. The minimum absolute atomic E-state index is 0.0985. The molecule has 0 unspecified atom stereocenters. The maximum Gasteiger partial charge on any atom is 0.251 e. The van der Waals surface area contributed by atoms with Crippen molar-refractivity contribution in [2.75, 3.05) is 12.1 Å². The van der Waals surface area contributed by atoms with Gasteiger partial charge in [-0.2, -0.15) is 0 Å². The summed E-state index contributed by atoms with van der Waals surface area (Å²) >= 11 is 0. The van der Waals surface area contributed by atoms with Crippen LogP contribution in [0.4, 0.5) is 10.1 Å². The Morgan fingerprint density at radius 1 is 0.925 bits per heavy atom. The first-order chi connectivity index (χ1) is 19.5. The van der Waals surface area contributed by atoms with E-state index >= 15 is 0 Å². The molecule has 0 spiro atoms. The van der Waals surface area contributed by atoms with Crippen LogP contribution in [0.5, 0.6) is 11.5 Å². The van der Waals surface area contributed by atoms with Crippen molar-refractivity contribution in [1.82, 2.24) is 19.9 Å². The molecule has 5 aromatic rings. The van der Waals surface area contributed by atoms with Gasteiger partial charge in [-0.1, -0.05) is 59.8 Å². The van der Waals surface area contributed by atoms with Crippen molar-refractivity contribution in [3.05, 3.63) is 114 Å². The maximum absolute atomic E-state index is 14.0. The zero-order chi connectivity index (χ0) is 27.5. The Balaban J connectivity index is 1.37. The standard InChI is InChI=1S/C30H24FN5O4/c31-22-12-10-21(11-13-22)29(30(38)32-23-14-15-26-27(16-23)40-19-39-26)35(17-20-6-2-1-3-7-20)28(37)18-36-25-9-5-4-8-24(25)33-34-36/h1-16,29H,17-19H2,(H,32,38)/t29-/m1/s1. The van der Waals surface area contributed by atoms with Crippen LogP contribution in [-0.2, 0) is 22.7 Å². The van der Waals surface area contributed by atoms with Crippen LogP contribution in [-0.4, -0.2) is 38.5 Å². The lowest BCUT2D eigenvalue weighted by molar-refractivity contribution is -0.140. The fourth-order valence-corrected chi connectivity index (χ4v) is 4.66. The van der Waals surface area contributed by atoms with Crippen LogP contribution < -0.4 is 14.8 Å². The van der Waals surface area contributed by atoms with E-state index in [0.29, 0.717) is 33.8 Å². The van der Waals surface area contributed by atoms with Crippen molar-refractivity contribution in [1.29, 1.82) is 0 Å². The summed E-state index contributed by atoms with van der Waals surface area (Å²) < 4.78 is 26.2. The van der Waals surface area contributed by atoms with Crippen molar-refractivity contribution in [2.24, 2.45) is 0 Å². The molecule has 40 heavy (non-hydrogen) atoms. The third-order valence-electron chi connectivity index (χ3n) is 6.61. The minimum Gasteiger partial charge on any atom is -0.454 e. The quantitative estimate of drug-likeness (QED) is 0.308. The summed E-state index contributed by atoms with van der Waals surface area (Å²) in [6, 6.07) is 26.2.